The average molecular weight is 279 g/mol. The SMILES string of the molecule is COc1cccc(-c2nc(C(C)C)c(CS)s2)c1. The molecule has 0 radical (unpaired) electrons. The second-order valence-electron chi connectivity index (χ2n) is 4.37. The highest BCUT2D eigenvalue weighted by Crippen LogP contribution is 2.33. The zero-order valence-electron chi connectivity index (χ0n) is 10.8. The quantitative estimate of drug-likeness (QED) is 0.839. The molecule has 1 aromatic carbocycles. The van der Waals surface area contributed by atoms with Gasteiger partial charge in [0.05, 0.1) is 12.8 Å². The van der Waals surface area contributed by atoms with E-state index in [1.807, 2.05) is 18.2 Å². The third kappa shape index (κ3) is 2.70. The van der Waals surface area contributed by atoms with Crippen LogP contribution in [0.5, 0.6) is 5.75 Å². The van der Waals surface area contributed by atoms with Crippen LogP contribution in [0.15, 0.2) is 24.3 Å². The Morgan fingerprint density at radius 2 is 2.17 bits per heavy atom. The zero-order chi connectivity index (χ0) is 13.1. The molecule has 96 valence electrons. The number of ether oxygens (including phenoxy) is 1. The summed E-state index contributed by atoms with van der Waals surface area (Å²) >= 11 is 6.10. The van der Waals surface area contributed by atoms with E-state index in [-0.39, 0.29) is 0 Å². The Balaban J connectivity index is 2.44. The molecule has 18 heavy (non-hydrogen) atoms. The summed E-state index contributed by atoms with van der Waals surface area (Å²) in [7, 11) is 1.68. The third-order valence-corrected chi connectivity index (χ3v) is 4.39. The van der Waals surface area contributed by atoms with Gasteiger partial charge < -0.3 is 4.74 Å². The van der Waals surface area contributed by atoms with Crippen LogP contribution in [0.4, 0.5) is 0 Å². The average Bonchev–Trinajstić information content (AvgIpc) is 2.83. The van der Waals surface area contributed by atoms with Gasteiger partial charge in [-0.1, -0.05) is 26.0 Å². The van der Waals surface area contributed by atoms with E-state index in [1.165, 1.54) is 4.88 Å². The van der Waals surface area contributed by atoms with Gasteiger partial charge in [-0.05, 0) is 18.1 Å². The molecule has 0 saturated heterocycles. The van der Waals surface area contributed by atoms with Crippen LogP contribution in [0.1, 0.15) is 30.3 Å². The lowest BCUT2D eigenvalue weighted by atomic mass is 10.1. The van der Waals surface area contributed by atoms with E-state index in [2.05, 4.69) is 32.5 Å². The van der Waals surface area contributed by atoms with Crippen molar-refractivity contribution in [2.75, 3.05) is 7.11 Å². The summed E-state index contributed by atoms with van der Waals surface area (Å²) in [4.78, 5) is 6.00. The number of thiazole rings is 1. The van der Waals surface area contributed by atoms with Gasteiger partial charge in [-0.15, -0.1) is 11.3 Å². The van der Waals surface area contributed by atoms with Crippen LogP contribution in [0, 0.1) is 0 Å². The van der Waals surface area contributed by atoms with Gasteiger partial charge in [0, 0.05) is 16.2 Å². The summed E-state index contributed by atoms with van der Waals surface area (Å²) in [5, 5.41) is 1.04. The first-order valence-corrected chi connectivity index (χ1v) is 7.35. The maximum atomic E-state index is 5.25. The summed E-state index contributed by atoms with van der Waals surface area (Å²) in [5.41, 5.74) is 2.27. The summed E-state index contributed by atoms with van der Waals surface area (Å²) in [6.07, 6.45) is 0. The highest BCUT2D eigenvalue weighted by Gasteiger charge is 2.14. The lowest BCUT2D eigenvalue weighted by Crippen LogP contribution is -1.91. The lowest BCUT2D eigenvalue weighted by molar-refractivity contribution is 0.415. The molecule has 4 heteroatoms. The normalized spacial score (nSPS) is 10.9. The van der Waals surface area contributed by atoms with Crippen molar-refractivity contribution in [2.45, 2.75) is 25.5 Å². The zero-order valence-corrected chi connectivity index (χ0v) is 12.5. The molecule has 0 atom stereocenters. The van der Waals surface area contributed by atoms with Crippen molar-refractivity contribution in [3.63, 3.8) is 0 Å². The van der Waals surface area contributed by atoms with Gasteiger partial charge in [0.2, 0.25) is 0 Å². The lowest BCUT2D eigenvalue weighted by Gasteiger charge is -2.02. The monoisotopic (exact) mass is 279 g/mol. The molecule has 0 bridgehead atoms. The second kappa shape index (κ2) is 5.76. The van der Waals surface area contributed by atoms with Crippen molar-refractivity contribution in [3.8, 4) is 16.3 Å². The van der Waals surface area contributed by atoms with Crippen LogP contribution < -0.4 is 4.74 Å². The minimum absolute atomic E-state index is 0.433. The van der Waals surface area contributed by atoms with Crippen molar-refractivity contribution in [3.05, 3.63) is 34.8 Å². The van der Waals surface area contributed by atoms with Crippen molar-refractivity contribution in [1.82, 2.24) is 4.98 Å². The Hall–Kier alpha value is -1.000. The second-order valence-corrected chi connectivity index (χ2v) is 5.77. The van der Waals surface area contributed by atoms with Gasteiger partial charge in [-0.2, -0.15) is 12.6 Å². The fourth-order valence-corrected chi connectivity index (χ4v) is 3.24. The molecule has 2 rings (SSSR count). The summed E-state index contributed by atoms with van der Waals surface area (Å²) < 4.78 is 5.25. The van der Waals surface area contributed by atoms with Crippen molar-refractivity contribution >= 4 is 24.0 Å². The maximum Gasteiger partial charge on any atom is 0.124 e. The number of aromatic nitrogens is 1. The largest absolute Gasteiger partial charge is 0.497 e. The number of nitrogens with zero attached hydrogens (tertiary/aromatic N) is 1. The number of methoxy groups -OCH3 is 1. The van der Waals surface area contributed by atoms with E-state index < -0.39 is 0 Å². The molecule has 0 aliphatic rings. The molecule has 1 aromatic heterocycles. The van der Waals surface area contributed by atoms with Crippen LogP contribution in [0.25, 0.3) is 10.6 Å². The standard InChI is InChI=1S/C14H17NOS2/c1-9(2)13-12(8-17)18-14(15-13)10-5-4-6-11(7-10)16-3/h4-7,9,17H,8H2,1-3H3. The van der Waals surface area contributed by atoms with E-state index in [9.17, 15) is 0 Å². The molecular formula is C14H17NOS2. The predicted octanol–water partition coefficient (Wildman–Crippen LogP) is 4.37. The number of hydrogen-bond donors (Lipinski definition) is 1. The number of hydrogen-bond acceptors (Lipinski definition) is 4. The smallest absolute Gasteiger partial charge is 0.124 e. The Bertz CT molecular complexity index is 534. The Kier molecular flexibility index (Phi) is 4.30. The topological polar surface area (TPSA) is 22.1 Å². The minimum atomic E-state index is 0.433. The summed E-state index contributed by atoms with van der Waals surface area (Å²) in [5.74, 6) is 2.04. The molecule has 2 nitrogen and oxygen atoms in total. The molecule has 0 aliphatic heterocycles. The molecule has 0 saturated carbocycles. The van der Waals surface area contributed by atoms with Gasteiger partial charge in [0.1, 0.15) is 10.8 Å². The molecule has 0 fully saturated rings. The van der Waals surface area contributed by atoms with E-state index in [4.69, 9.17) is 9.72 Å². The van der Waals surface area contributed by atoms with E-state index in [1.54, 1.807) is 18.4 Å². The summed E-state index contributed by atoms with van der Waals surface area (Å²) in [6, 6.07) is 8.02. The van der Waals surface area contributed by atoms with E-state index in [0.29, 0.717) is 5.92 Å². The molecular weight excluding hydrogens is 262 g/mol. The fourth-order valence-electron chi connectivity index (χ4n) is 1.81. The Morgan fingerprint density at radius 3 is 2.72 bits per heavy atom. The molecule has 1 heterocycles. The van der Waals surface area contributed by atoms with Gasteiger partial charge in [0.15, 0.2) is 0 Å². The predicted molar refractivity (Wildman–Crippen MR) is 80.9 cm³/mol. The number of thiol groups is 1. The molecule has 0 aliphatic carbocycles. The van der Waals surface area contributed by atoms with Crippen molar-refractivity contribution in [1.29, 1.82) is 0 Å². The van der Waals surface area contributed by atoms with Crippen molar-refractivity contribution < 1.29 is 4.74 Å². The number of benzene rings is 1. The van der Waals surface area contributed by atoms with Crippen LogP contribution in [0.3, 0.4) is 0 Å². The summed E-state index contributed by atoms with van der Waals surface area (Å²) in [6.45, 7) is 4.33. The van der Waals surface area contributed by atoms with Gasteiger partial charge in [0.25, 0.3) is 0 Å². The first-order valence-electron chi connectivity index (χ1n) is 5.90. The first kappa shape index (κ1) is 13.4. The Labute approximate surface area is 117 Å². The third-order valence-electron chi connectivity index (χ3n) is 2.73. The Morgan fingerprint density at radius 1 is 1.39 bits per heavy atom. The number of rotatable bonds is 4. The van der Waals surface area contributed by atoms with Crippen molar-refractivity contribution in [2.24, 2.45) is 0 Å². The van der Waals surface area contributed by atoms with E-state index in [0.717, 1.165) is 27.8 Å². The van der Waals surface area contributed by atoms with Crippen LogP contribution in [0.2, 0.25) is 0 Å². The molecule has 0 amide bonds. The van der Waals surface area contributed by atoms with Gasteiger partial charge in [-0.25, -0.2) is 4.98 Å². The maximum absolute atomic E-state index is 5.25. The highest BCUT2D eigenvalue weighted by molar-refractivity contribution is 7.79. The van der Waals surface area contributed by atoms with Gasteiger partial charge >= 0.3 is 0 Å². The molecule has 0 N–H and O–H groups in total. The van der Waals surface area contributed by atoms with Gasteiger partial charge in [-0.3, -0.25) is 0 Å². The van der Waals surface area contributed by atoms with E-state index >= 15 is 0 Å². The minimum Gasteiger partial charge on any atom is -0.497 e. The molecule has 2 aromatic rings. The first-order chi connectivity index (χ1) is 8.65. The highest BCUT2D eigenvalue weighted by atomic mass is 32.1. The molecule has 0 spiro atoms. The van der Waals surface area contributed by atoms with Crippen LogP contribution in [-0.2, 0) is 5.75 Å². The fraction of sp³-hybridized carbons (Fsp3) is 0.357. The van der Waals surface area contributed by atoms with Crippen LogP contribution >= 0.6 is 24.0 Å². The molecule has 0 unspecified atom stereocenters. The van der Waals surface area contributed by atoms with Crippen LogP contribution in [-0.4, -0.2) is 12.1 Å².